The molecule has 0 spiro atoms. The zero-order valence-electron chi connectivity index (χ0n) is 20.4. The number of hydrogen-bond donors (Lipinski definition) is 3. The molecule has 16 heteroatoms. The molecule has 1 fully saturated rings. The number of carbonyl (C=O) groups is 1. The molecule has 1 aliphatic rings. The van der Waals surface area contributed by atoms with Crippen LogP contribution < -0.4 is 10.6 Å². The molecule has 4 heterocycles. The van der Waals surface area contributed by atoms with Crippen LogP contribution in [0, 0.1) is 0 Å². The van der Waals surface area contributed by atoms with E-state index in [9.17, 15) is 18.0 Å². The number of hydrogen-bond acceptors (Lipinski definition) is 9. The van der Waals surface area contributed by atoms with Gasteiger partial charge in [0.15, 0.2) is 5.82 Å². The normalized spacial score (nSPS) is 17.6. The molecule has 0 radical (unpaired) electrons. The van der Waals surface area contributed by atoms with Crippen LogP contribution in [0.25, 0.3) is 22.6 Å². The van der Waals surface area contributed by atoms with Gasteiger partial charge in [-0.3, -0.25) is 20.1 Å². The highest BCUT2D eigenvalue weighted by atomic mass is 35.5. The van der Waals surface area contributed by atoms with Crippen molar-refractivity contribution in [3.8, 4) is 22.6 Å². The Morgan fingerprint density at radius 2 is 1.90 bits per heavy atom. The number of ether oxygens (including phenoxy) is 1. The van der Waals surface area contributed by atoms with E-state index in [2.05, 4.69) is 45.9 Å². The number of alkyl halides is 3. The Hall–Kier alpha value is -4.27. The van der Waals surface area contributed by atoms with Crippen molar-refractivity contribution in [1.29, 1.82) is 0 Å². The molecule has 5 rings (SSSR count). The van der Waals surface area contributed by atoms with Crippen LogP contribution >= 0.6 is 11.6 Å². The summed E-state index contributed by atoms with van der Waals surface area (Å²) in [5, 5.41) is 16.0. The Morgan fingerprint density at radius 3 is 2.51 bits per heavy atom. The smallest absolute Gasteiger partial charge is 0.420 e. The third kappa shape index (κ3) is 6.25. The van der Waals surface area contributed by atoms with Crippen molar-refractivity contribution in [2.24, 2.45) is 7.05 Å². The number of halogens is 4. The van der Waals surface area contributed by atoms with Crippen molar-refractivity contribution >= 4 is 29.5 Å². The maximum absolute atomic E-state index is 13.5. The highest BCUT2D eigenvalue weighted by molar-refractivity contribution is 6.32. The maximum atomic E-state index is 13.5. The topological polar surface area (TPSA) is 148 Å². The van der Waals surface area contributed by atoms with Crippen molar-refractivity contribution < 1.29 is 22.7 Å². The molecule has 3 N–H and O–H groups in total. The average molecular weight is 563 g/mol. The lowest BCUT2D eigenvalue weighted by Crippen LogP contribution is -2.32. The van der Waals surface area contributed by atoms with Crippen LogP contribution in [0.4, 0.5) is 29.7 Å². The largest absolute Gasteiger partial charge is 0.446 e. The van der Waals surface area contributed by atoms with E-state index >= 15 is 0 Å². The van der Waals surface area contributed by atoms with Crippen LogP contribution in [0.5, 0.6) is 0 Å². The predicted octanol–water partition coefficient (Wildman–Crippen LogP) is 4.70. The second-order valence-corrected chi connectivity index (χ2v) is 9.28. The molecule has 1 aliphatic carbocycles. The van der Waals surface area contributed by atoms with Crippen LogP contribution in [0.1, 0.15) is 31.2 Å². The third-order valence-corrected chi connectivity index (χ3v) is 6.36. The quantitative estimate of drug-likeness (QED) is 0.304. The van der Waals surface area contributed by atoms with Gasteiger partial charge in [-0.2, -0.15) is 23.4 Å². The zero-order chi connectivity index (χ0) is 27.6. The van der Waals surface area contributed by atoms with Gasteiger partial charge in [0, 0.05) is 37.2 Å². The van der Waals surface area contributed by atoms with E-state index in [4.69, 9.17) is 16.3 Å². The first-order chi connectivity index (χ1) is 18.7. The summed E-state index contributed by atoms with van der Waals surface area (Å²) in [6.45, 7) is 0. The molecule has 0 aromatic carbocycles. The van der Waals surface area contributed by atoms with E-state index in [1.54, 1.807) is 24.1 Å². The Balaban J connectivity index is 1.14. The number of aromatic amines is 1. The van der Waals surface area contributed by atoms with Crippen molar-refractivity contribution in [3.63, 3.8) is 0 Å². The Labute approximate surface area is 224 Å². The number of H-pyrrole nitrogens is 1. The van der Waals surface area contributed by atoms with Crippen LogP contribution in [0.15, 0.2) is 37.2 Å². The Morgan fingerprint density at radius 1 is 1.10 bits per heavy atom. The molecule has 1 saturated carbocycles. The molecule has 0 atom stereocenters. The summed E-state index contributed by atoms with van der Waals surface area (Å²) >= 11 is 5.98. The van der Waals surface area contributed by atoms with Gasteiger partial charge in [0.05, 0.1) is 29.3 Å². The summed E-state index contributed by atoms with van der Waals surface area (Å²) in [6.07, 6.45) is 4.97. The molecule has 1 amide bonds. The lowest BCUT2D eigenvalue weighted by molar-refractivity contribution is -0.137. The minimum Gasteiger partial charge on any atom is -0.446 e. The summed E-state index contributed by atoms with van der Waals surface area (Å²) < 4.78 is 47.6. The minimum atomic E-state index is -4.68. The fraction of sp³-hybridized carbons (Fsp3) is 0.348. The highest BCUT2D eigenvalue weighted by Crippen LogP contribution is 2.37. The van der Waals surface area contributed by atoms with E-state index < -0.39 is 23.5 Å². The second-order valence-electron chi connectivity index (χ2n) is 8.87. The van der Waals surface area contributed by atoms with Crippen molar-refractivity contribution in [2.45, 2.75) is 44.0 Å². The first-order valence-electron chi connectivity index (χ1n) is 11.8. The molecule has 0 unspecified atom stereocenters. The standard InChI is InChI=1S/C23H22ClF3N10O2/c1-37-11-12(6-32-37)17-9-29-18(10-28-17)34-22(38)39-14-4-2-13(3-5-14)33-21-30-7-15(23(25,26)27)19(35-21)20-16(24)8-31-36-20/h6-11,13-14H,2-5H2,1H3,(H,31,36)(H,29,34,38)(H,30,33,35)/t13-,14-. The number of anilines is 2. The van der Waals surface area contributed by atoms with E-state index in [0.29, 0.717) is 37.6 Å². The Kier molecular flexibility index (Phi) is 7.32. The Bertz CT molecular complexity index is 1450. The van der Waals surface area contributed by atoms with Gasteiger partial charge < -0.3 is 10.1 Å². The van der Waals surface area contributed by atoms with Crippen molar-refractivity contribution in [3.05, 3.63) is 47.8 Å². The number of carbonyl (C=O) groups excluding carboxylic acids is 1. The molecular weight excluding hydrogens is 541 g/mol. The summed E-state index contributed by atoms with van der Waals surface area (Å²) in [7, 11) is 1.80. The van der Waals surface area contributed by atoms with Gasteiger partial charge in [-0.15, -0.1) is 0 Å². The lowest BCUT2D eigenvalue weighted by atomic mass is 9.93. The number of amides is 1. The number of aromatic nitrogens is 8. The molecule has 0 saturated heterocycles. The number of nitrogens with one attached hydrogen (secondary N) is 3. The highest BCUT2D eigenvalue weighted by Gasteiger charge is 2.37. The molecule has 0 aliphatic heterocycles. The average Bonchev–Trinajstić information content (AvgIpc) is 3.53. The first-order valence-corrected chi connectivity index (χ1v) is 12.2. The van der Waals surface area contributed by atoms with Crippen LogP contribution in [-0.4, -0.2) is 58.2 Å². The maximum Gasteiger partial charge on any atom is 0.420 e. The zero-order valence-corrected chi connectivity index (χ0v) is 21.2. The van der Waals surface area contributed by atoms with E-state index in [0.717, 1.165) is 5.56 Å². The van der Waals surface area contributed by atoms with Crippen molar-refractivity contribution in [1.82, 2.24) is 39.9 Å². The van der Waals surface area contributed by atoms with Crippen LogP contribution in [0.2, 0.25) is 5.02 Å². The number of rotatable bonds is 6. The number of aryl methyl sites for hydroxylation is 1. The molecule has 12 nitrogen and oxygen atoms in total. The summed E-state index contributed by atoms with van der Waals surface area (Å²) in [6, 6.07) is -0.127. The first kappa shape index (κ1) is 26.3. The fourth-order valence-corrected chi connectivity index (χ4v) is 4.35. The minimum absolute atomic E-state index is 0.0107. The van der Waals surface area contributed by atoms with Gasteiger partial charge in [0.2, 0.25) is 5.95 Å². The molecular formula is C23H22ClF3N10O2. The van der Waals surface area contributed by atoms with Crippen LogP contribution in [-0.2, 0) is 18.0 Å². The summed E-state index contributed by atoms with van der Waals surface area (Å²) in [5.74, 6) is 0.266. The monoisotopic (exact) mass is 562 g/mol. The van der Waals surface area contributed by atoms with E-state index in [1.807, 2.05) is 0 Å². The van der Waals surface area contributed by atoms with Gasteiger partial charge in [-0.05, 0) is 25.7 Å². The van der Waals surface area contributed by atoms with Gasteiger partial charge in [-0.1, -0.05) is 11.6 Å². The molecule has 204 valence electrons. The van der Waals surface area contributed by atoms with E-state index in [-0.39, 0.29) is 34.6 Å². The van der Waals surface area contributed by atoms with Crippen molar-refractivity contribution in [2.75, 3.05) is 10.6 Å². The lowest BCUT2D eigenvalue weighted by Gasteiger charge is -2.29. The van der Waals surface area contributed by atoms with Gasteiger partial charge in [0.1, 0.15) is 23.1 Å². The predicted molar refractivity (Wildman–Crippen MR) is 134 cm³/mol. The van der Waals surface area contributed by atoms with Gasteiger partial charge in [0.25, 0.3) is 0 Å². The van der Waals surface area contributed by atoms with E-state index in [1.165, 1.54) is 18.6 Å². The molecule has 4 aromatic rings. The van der Waals surface area contributed by atoms with Gasteiger partial charge >= 0.3 is 12.3 Å². The summed E-state index contributed by atoms with van der Waals surface area (Å²) in [5.41, 5.74) is -0.163. The summed E-state index contributed by atoms with van der Waals surface area (Å²) in [4.78, 5) is 28.7. The molecule has 39 heavy (non-hydrogen) atoms. The molecule has 0 bridgehead atoms. The van der Waals surface area contributed by atoms with Gasteiger partial charge in [-0.25, -0.2) is 19.7 Å². The SMILES string of the molecule is Cn1cc(-c2cnc(NC(=O)O[C@H]3CC[C@H](Nc4ncc(C(F)(F)F)c(-c5n[nH]cc5Cl)n4)CC3)cn2)cn1. The fourth-order valence-electron chi connectivity index (χ4n) is 4.17. The third-order valence-electron chi connectivity index (χ3n) is 6.08. The second kappa shape index (κ2) is 10.8. The number of nitrogens with zero attached hydrogens (tertiary/aromatic N) is 7. The molecule has 4 aromatic heterocycles. The van der Waals surface area contributed by atoms with Crippen LogP contribution in [0.3, 0.4) is 0 Å².